The average molecular weight is 297 g/mol. The first kappa shape index (κ1) is 13.8. The highest BCUT2D eigenvalue weighted by Gasteiger charge is 2.08. The molecule has 98 valence electrons. The Morgan fingerprint density at radius 1 is 1.05 bits per heavy atom. The molecule has 3 aromatic rings. The summed E-state index contributed by atoms with van der Waals surface area (Å²) in [5.41, 5.74) is 2.83. The van der Waals surface area contributed by atoms with Crippen LogP contribution in [0.3, 0.4) is 0 Å². The Kier molecular flexibility index (Phi) is 4.08. The Bertz CT molecular complexity index is 692. The maximum atomic E-state index is 12.9. The molecule has 3 rings (SSSR count). The van der Waals surface area contributed by atoms with Crippen molar-refractivity contribution in [2.75, 3.05) is 0 Å². The highest BCUT2D eigenvalue weighted by Crippen LogP contribution is 2.21. The summed E-state index contributed by atoms with van der Waals surface area (Å²) in [5, 5.41) is 0.445. The number of halogens is 3. The molecule has 0 aliphatic rings. The molecule has 0 saturated heterocycles. The first-order valence-corrected chi connectivity index (χ1v) is 5.97. The van der Waals surface area contributed by atoms with Crippen LogP contribution in [0.5, 0.6) is 0 Å². The molecule has 0 unspecified atom stereocenters. The van der Waals surface area contributed by atoms with E-state index in [1.807, 2.05) is 28.8 Å². The summed E-state index contributed by atoms with van der Waals surface area (Å²) in [5.74, 6) is -0.236. The smallest absolute Gasteiger partial charge is 0.204 e. The van der Waals surface area contributed by atoms with Crippen LogP contribution in [0.25, 0.3) is 11.0 Å². The van der Waals surface area contributed by atoms with Crippen molar-refractivity contribution < 1.29 is 4.39 Å². The van der Waals surface area contributed by atoms with Crippen LogP contribution in [0.4, 0.5) is 4.39 Å². The Balaban J connectivity index is 0.00000133. The van der Waals surface area contributed by atoms with E-state index in [1.165, 1.54) is 12.1 Å². The van der Waals surface area contributed by atoms with Crippen molar-refractivity contribution >= 4 is 35.0 Å². The van der Waals surface area contributed by atoms with Crippen LogP contribution in [-0.2, 0) is 6.54 Å². The van der Waals surface area contributed by atoms with Crippen molar-refractivity contribution in [1.29, 1.82) is 0 Å². The van der Waals surface area contributed by atoms with Gasteiger partial charge < -0.3 is 4.57 Å². The van der Waals surface area contributed by atoms with E-state index in [0.717, 1.165) is 16.6 Å². The Morgan fingerprint density at radius 2 is 1.74 bits per heavy atom. The van der Waals surface area contributed by atoms with Gasteiger partial charge in [-0.2, -0.15) is 0 Å². The molecular formula is C14H11Cl2FN2. The minimum Gasteiger partial charge on any atom is -0.310 e. The van der Waals surface area contributed by atoms with Gasteiger partial charge in [0.05, 0.1) is 17.6 Å². The van der Waals surface area contributed by atoms with Crippen LogP contribution in [0.1, 0.15) is 5.56 Å². The molecule has 1 heterocycles. The standard InChI is InChI=1S/C14H10ClFN2.ClH/c15-14-17-12-3-1-2-4-13(12)18(14)9-10-5-7-11(16)8-6-10;/h1-8H,9H2;1H. The Morgan fingerprint density at radius 3 is 2.47 bits per heavy atom. The zero-order chi connectivity index (χ0) is 12.5. The second-order valence-electron chi connectivity index (χ2n) is 4.08. The predicted molar refractivity (Wildman–Crippen MR) is 77.5 cm³/mol. The number of fused-ring (bicyclic) bond motifs is 1. The van der Waals surface area contributed by atoms with Crippen LogP contribution < -0.4 is 0 Å². The minimum absolute atomic E-state index is 0. The molecular weight excluding hydrogens is 286 g/mol. The van der Waals surface area contributed by atoms with Gasteiger partial charge in [-0.25, -0.2) is 9.37 Å². The van der Waals surface area contributed by atoms with Crippen LogP contribution in [0.15, 0.2) is 48.5 Å². The molecule has 2 aromatic carbocycles. The van der Waals surface area contributed by atoms with Gasteiger partial charge in [0.15, 0.2) is 0 Å². The topological polar surface area (TPSA) is 17.8 Å². The SMILES string of the molecule is Cl.Fc1ccc(Cn2c(Cl)nc3ccccc32)cc1. The van der Waals surface area contributed by atoms with Crippen molar-refractivity contribution in [3.05, 3.63) is 65.2 Å². The van der Waals surface area contributed by atoms with Gasteiger partial charge in [-0.15, -0.1) is 12.4 Å². The molecule has 1 aromatic heterocycles. The lowest BCUT2D eigenvalue weighted by atomic mass is 10.2. The fraction of sp³-hybridized carbons (Fsp3) is 0.0714. The number of rotatable bonds is 2. The largest absolute Gasteiger partial charge is 0.310 e. The lowest BCUT2D eigenvalue weighted by Gasteiger charge is -2.05. The van der Waals surface area contributed by atoms with Gasteiger partial charge in [-0.3, -0.25) is 0 Å². The number of para-hydroxylation sites is 2. The molecule has 19 heavy (non-hydrogen) atoms. The summed E-state index contributed by atoms with van der Waals surface area (Å²) in [6, 6.07) is 14.2. The van der Waals surface area contributed by atoms with Gasteiger partial charge in [0, 0.05) is 0 Å². The van der Waals surface area contributed by atoms with Gasteiger partial charge >= 0.3 is 0 Å². The fourth-order valence-electron chi connectivity index (χ4n) is 1.97. The van der Waals surface area contributed by atoms with Gasteiger partial charge in [-0.05, 0) is 41.4 Å². The van der Waals surface area contributed by atoms with Crippen molar-refractivity contribution in [2.45, 2.75) is 6.54 Å². The van der Waals surface area contributed by atoms with Crippen molar-refractivity contribution in [2.24, 2.45) is 0 Å². The molecule has 0 bridgehead atoms. The number of nitrogens with zero attached hydrogens (tertiary/aromatic N) is 2. The van der Waals surface area contributed by atoms with E-state index in [-0.39, 0.29) is 18.2 Å². The van der Waals surface area contributed by atoms with Crippen LogP contribution in [-0.4, -0.2) is 9.55 Å². The summed E-state index contributed by atoms with van der Waals surface area (Å²) < 4.78 is 14.8. The van der Waals surface area contributed by atoms with Crippen LogP contribution >= 0.6 is 24.0 Å². The number of aromatic nitrogens is 2. The molecule has 0 radical (unpaired) electrons. The third-order valence-electron chi connectivity index (χ3n) is 2.86. The lowest BCUT2D eigenvalue weighted by molar-refractivity contribution is 0.626. The summed E-state index contributed by atoms with van der Waals surface area (Å²) in [7, 11) is 0. The average Bonchev–Trinajstić information content (AvgIpc) is 2.69. The minimum atomic E-state index is -0.236. The van der Waals surface area contributed by atoms with Crippen molar-refractivity contribution in [3.63, 3.8) is 0 Å². The summed E-state index contributed by atoms with van der Waals surface area (Å²) >= 11 is 6.13. The van der Waals surface area contributed by atoms with E-state index in [0.29, 0.717) is 11.8 Å². The monoisotopic (exact) mass is 296 g/mol. The Labute approximate surface area is 121 Å². The quantitative estimate of drug-likeness (QED) is 0.689. The normalized spacial score (nSPS) is 10.4. The number of hydrogen-bond acceptors (Lipinski definition) is 1. The number of hydrogen-bond donors (Lipinski definition) is 0. The third kappa shape index (κ3) is 2.72. The molecule has 5 heteroatoms. The van der Waals surface area contributed by atoms with Crippen molar-refractivity contribution in [1.82, 2.24) is 9.55 Å². The molecule has 0 fully saturated rings. The van der Waals surface area contributed by atoms with E-state index in [2.05, 4.69) is 4.98 Å². The molecule has 0 aliphatic carbocycles. The van der Waals surface area contributed by atoms with Gasteiger partial charge in [-0.1, -0.05) is 24.3 Å². The molecule has 0 aliphatic heterocycles. The fourth-order valence-corrected chi connectivity index (χ4v) is 2.21. The highest BCUT2D eigenvalue weighted by molar-refractivity contribution is 6.29. The molecule has 0 amide bonds. The zero-order valence-electron chi connectivity index (χ0n) is 9.88. The number of benzene rings is 2. The second kappa shape index (κ2) is 5.59. The molecule has 2 nitrogen and oxygen atoms in total. The maximum absolute atomic E-state index is 12.9. The van der Waals surface area contributed by atoms with Gasteiger partial charge in [0.2, 0.25) is 5.28 Å². The number of imidazole rings is 1. The summed E-state index contributed by atoms with van der Waals surface area (Å²) in [4.78, 5) is 4.28. The summed E-state index contributed by atoms with van der Waals surface area (Å²) in [6.45, 7) is 0.583. The molecule has 0 spiro atoms. The Hall–Kier alpha value is -1.58. The van der Waals surface area contributed by atoms with Gasteiger partial charge in [0.1, 0.15) is 5.82 Å². The summed E-state index contributed by atoms with van der Waals surface area (Å²) in [6.07, 6.45) is 0. The van der Waals surface area contributed by atoms with Crippen molar-refractivity contribution in [3.8, 4) is 0 Å². The zero-order valence-corrected chi connectivity index (χ0v) is 11.5. The van der Waals surface area contributed by atoms with E-state index in [9.17, 15) is 4.39 Å². The van der Waals surface area contributed by atoms with Crippen LogP contribution in [0.2, 0.25) is 5.28 Å². The molecule has 0 atom stereocenters. The first-order chi connectivity index (χ1) is 8.74. The van der Waals surface area contributed by atoms with E-state index < -0.39 is 0 Å². The van der Waals surface area contributed by atoms with Gasteiger partial charge in [0.25, 0.3) is 0 Å². The lowest BCUT2D eigenvalue weighted by Crippen LogP contribution is -1.99. The molecule has 0 saturated carbocycles. The predicted octanol–water partition coefficient (Wildman–Crippen LogP) is 4.30. The van der Waals surface area contributed by atoms with E-state index in [4.69, 9.17) is 11.6 Å². The maximum Gasteiger partial charge on any atom is 0.204 e. The first-order valence-electron chi connectivity index (χ1n) is 5.59. The van der Waals surface area contributed by atoms with Crippen LogP contribution in [0, 0.1) is 5.82 Å². The molecule has 0 N–H and O–H groups in total. The highest BCUT2D eigenvalue weighted by atomic mass is 35.5. The van der Waals surface area contributed by atoms with E-state index >= 15 is 0 Å². The van der Waals surface area contributed by atoms with E-state index in [1.54, 1.807) is 12.1 Å². The third-order valence-corrected chi connectivity index (χ3v) is 3.15. The second-order valence-corrected chi connectivity index (χ2v) is 4.42.